The van der Waals surface area contributed by atoms with E-state index in [0.717, 1.165) is 23.9 Å². The van der Waals surface area contributed by atoms with E-state index in [2.05, 4.69) is 26.3 Å². The van der Waals surface area contributed by atoms with Gasteiger partial charge in [0.15, 0.2) is 5.82 Å². The fourth-order valence-electron chi connectivity index (χ4n) is 2.10. The maximum absolute atomic E-state index is 12.4. The summed E-state index contributed by atoms with van der Waals surface area (Å²) in [4.78, 5) is 18.1. The first-order chi connectivity index (χ1) is 9.11. The number of ether oxygens (including phenoxy) is 1. The van der Waals surface area contributed by atoms with Gasteiger partial charge in [0.05, 0.1) is 11.7 Å². The van der Waals surface area contributed by atoms with E-state index >= 15 is 0 Å². The van der Waals surface area contributed by atoms with Crippen LogP contribution >= 0.6 is 15.9 Å². The molecule has 1 saturated heterocycles. The van der Waals surface area contributed by atoms with Gasteiger partial charge in [0.25, 0.3) is 5.91 Å². The van der Waals surface area contributed by atoms with Gasteiger partial charge in [-0.2, -0.15) is 0 Å². The Morgan fingerprint density at radius 3 is 3.16 bits per heavy atom. The number of hydrogen-bond acceptors (Lipinski definition) is 5. The predicted molar refractivity (Wildman–Crippen MR) is 75.7 cm³/mol. The molecule has 0 spiro atoms. The zero-order valence-electron chi connectivity index (χ0n) is 10.7. The number of hydrazine groups is 1. The topological polar surface area (TPSA) is 80.5 Å². The molecule has 1 aliphatic rings. The monoisotopic (exact) mass is 328 g/mol. The number of amides is 1. The van der Waals surface area contributed by atoms with E-state index in [0.29, 0.717) is 17.9 Å². The van der Waals surface area contributed by atoms with Crippen LogP contribution in [0.15, 0.2) is 16.7 Å². The van der Waals surface area contributed by atoms with E-state index in [1.807, 2.05) is 0 Å². The van der Waals surface area contributed by atoms with Gasteiger partial charge in [0, 0.05) is 30.9 Å². The lowest BCUT2D eigenvalue weighted by molar-refractivity contribution is 0.0587. The summed E-state index contributed by atoms with van der Waals surface area (Å²) in [6.45, 7) is 1.36. The third-order valence-corrected chi connectivity index (χ3v) is 3.50. The summed E-state index contributed by atoms with van der Waals surface area (Å²) in [5.74, 6) is 5.62. The van der Waals surface area contributed by atoms with Crippen LogP contribution in [0.25, 0.3) is 0 Å². The largest absolute Gasteiger partial charge is 0.376 e. The Morgan fingerprint density at radius 2 is 2.53 bits per heavy atom. The van der Waals surface area contributed by atoms with Gasteiger partial charge >= 0.3 is 0 Å². The first-order valence-corrected chi connectivity index (χ1v) is 6.90. The number of halogens is 1. The number of anilines is 1. The average molecular weight is 329 g/mol. The van der Waals surface area contributed by atoms with Crippen LogP contribution in [0.3, 0.4) is 0 Å². The van der Waals surface area contributed by atoms with E-state index in [9.17, 15) is 4.79 Å². The number of hydrogen-bond donors (Lipinski definition) is 2. The summed E-state index contributed by atoms with van der Waals surface area (Å²) in [5.41, 5.74) is 2.88. The molecule has 0 aromatic carbocycles. The summed E-state index contributed by atoms with van der Waals surface area (Å²) >= 11 is 3.30. The highest BCUT2D eigenvalue weighted by Gasteiger charge is 2.22. The van der Waals surface area contributed by atoms with E-state index < -0.39 is 0 Å². The molecule has 0 aliphatic carbocycles. The van der Waals surface area contributed by atoms with Crippen molar-refractivity contribution >= 4 is 27.7 Å². The third-order valence-electron chi connectivity index (χ3n) is 3.07. The molecule has 1 aromatic rings. The van der Waals surface area contributed by atoms with Crippen molar-refractivity contribution in [3.8, 4) is 0 Å². The van der Waals surface area contributed by atoms with E-state index in [1.165, 1.54) is 0 Å². The Bertz CT molecular complexity index is 463. The average Bonchev–Trinajstić information content (AvgIpc) is 2.90. The van der Waals surface area contributed by atoms with E-state index in [1.54, 1.807) is 24.2 Å². The SMILES string of the molecule is CN(CC1CCCO1)C(=O)c1cc(Br)cnc1NN. The number of likely N-dealkylation sites (N-methyl/N-ethyl adjacent to an activating group) is 1. The van der Waals surface area contributed by atoms with Crippen molar-refractivity contribution in [2.75, 3.05) is 25.6 Å². The molecule has 1 aliphatic heterocycles. The molecule has 104 valence electrons. The fourth-order valence-corrected chi connectivity index (χ4v) is 2.43. The predicted octanol–water partition coefficient (Wildman–Crippen LogP) is 1.38. The number of aromatic nitrogens is 1. The first-order valence-electron chi connectivity index (χ1n) is 6.11. The second-order valence-electron chi connectivity index (χ2n) is 4.51. The lowest BCUT2D eigenvalue weighted by Crippen LogP contribution is -2.34. The molecule has 6 nitrogen and oxygen atoms in total. The van der Waals surface area contributed by atoms with Crippen molar-refractivity contribution < 1.29 is 9.53 Å². The molecule has 2 rings (SSSR count). The highest BCUT2D eigenvalue weighted by atomic mass is 79.9. The summed E-state index contributed by atoms with van der Waals surface area (Å²) in [7, 11) is 1.76. The number of rotatable bonds is 4. The zero-order chi connectivity index (χ0) is 13.8. The second kappa shape index (κ2) is 6.31. The van der Waals surface area contributed by atoms with Gasteiger partial charge < -0.3 is 15.1 Å². The van der Waals surface area contributed by atoms with Crippen LogP contribution < -0.4 is 11.3 Å². The van der Waals surface area contributed by atoms with Crippen LogP contribution in [-0.4, -0.2) is 42.1 Å². The molecule has 1 fully saturated rings. The zero-order valence-corrected chi connectivity index (χ0v) is 12.3. The highest BCUT2D eigenvalue weighted by molar-refractivity contribution is 9.10. The number of nitrogens with two attached hydrogens (primary N) is 1. The lowest BCUT2D eigenvalue weighted by Gasteiger charge is -2.21. The fraction of sp³-hybridized carbons (Fsp3) is 0.500. The Balaban J connectivity index is 2.11. The Kier molecular flexibility index (Phi) is 4.73. The van der Waals surface area contributed by atoms with Crippen LogP contribution in [-0.2, 0) is 4.74 Å². The number of carbonyl (C=O) groups excluding carboxylic acids is 1. The first kappa shape index (κ1) is 14.2. The number of nitrogens with zero attached hydrogens (tertiary/aromatic N) is 2. The van der Waals surface area contributed by atoms with Crippen molar-refractivity contribution in [3.05, 3.63) is 22.3 Å². The van der Waals surface area contributed by atoms with Crippen LogP contribution in [0.1, 0.15) is 23.2 Å². The summed E-state index contributed by atoms with van der Waals surface area (Å²) in [5, 5.41) is 0. The molecule has 1 aromatic heterocycles. The minimum absolute atomic E-state index is 0.128. The number of pyridine rings is 1. The minimum atomic E-state index is -0.128. The number of nitrogens with one attached hydrogen (secondary N) is 1. The van der Waals surface area contributed by atoms with Gasteiger partial charge in [0.2, 0.25) is 0 Å². The van der Waals surface area contributed by atoms with Gasteiger partial charge in [-0.05, 0) is 34.8 Å². The summed E-state index contributed by atoms with van der Waals surface area (Å²) < 4.78 is 6.27. The van der Waals surface area contributed by atoms with E-state index in [4.69, 9.17) is 10.6 Å². The third kappa shape index (κ3) is 3.43. The summed E-state index contributed by atoms with van der Waals surface area (Å²) in [6.07, 6.45) is 3.77. The van der Waals surface area contributed by atoms with Gasteiger partial charge in [-0.1, -0.05) is 0 Å². The van der Waals surface area contributed by atoms with Gasteiger partial charge in [0.1, 0.15) is 0 Å². The Labute approximate surface area is 120 Å². The molecular weight excluding hydrogens is 312 g/mol. The summed E-state index contributed by atoms with van der Waals surface area (Å²) in [6, 6.07) is 1.70. The molecule has 1 atom stereocenters. The molecule has 2 heterocycles. The number of nitrogen functional groups attached to an aromatic ring is 1. The van der Waals surface area contributed by atoms with Crippen LogP contribution in [0.2, 0.25) is 0 Å². The number of carbonyl (C=O) groups is 1. The van der Waals surface area contributed by atoms with Gasteiger partial charge in [-0.15, -0.1) is 0 Å². The van der Waals surface area contributed by atoms with Crippen molar-refractivity contribution in [2.45, 2.75) is 18.9 Å². The molecule has 1 amide bonds. The maximum Gasteiger partial charge on any atom is 0.257 e. The van der Waals surface area contributed by atoms with Crippen LogP contribution in [0.4, 0.5) is 5.82 Å². The Hall–Kier alpha value is -1.18. The van der Waals surface area contributed by atoms with Crippen molar-refractivity contribution in [1.29, 1.82) is 0 Å². The molecule has 1 unspecified atom stereocenters. The standard InChI is InChI=1S/C12H17BrN4O2/c1-17(7-9-3-2-4-19-9)12(18)10-5-8(13)6-15-11(10)16-14/h5-6,9H,2-4,7,14H2,1H3,(H,15,16). The molecule has 7 heteroatoms. The Morgan fingerprint density at radius 1 is 1.74 bits per heavy atom. The van der Waals surface area contributed by atoms with Gasteiger partial charge in [-0.25, -0.2) is 10.8 Å². The van der Waals surface area contributed by atoms with E-state index in [-0.39, 0.29) is 12.0 Å². The smallest absolute Gasteiger partial charge is 0.257 e. The quantitative estimate of drug-likeness (QED) is 0.644. The lowest BCUT2D eigenvalue weighted by atomic mass is 10.2. The molecule has 0 saturated carbocycles. The van der Waals surface area contributed by atoms with Crippen LogP contribution in [0.5, 0.6) is 0 Å². The maximum atomic E-state index is 12.4. The van der Waals surface area contributed by atoms with Crippen molar-refractivity contribution in [2.24, 2.45) is 5.84 Å². The second-order valence-corrected chi connectivity index (χ2v) is 5.43. The molecule has 0 radical (unpaired) electrons. The van der Waals surface area contributed by atoms with Crippen molar-refractivity contribution in [1.82, 2.24) is 9.88 Å². The van der Waals surface area contributed by atoms with Gasteiger partial charge in [-0.3, -0.25) is 4.79 Å². The highest BCUT2D eigenvalue weighted by Crippen LogP contribution is 2.20. The minimum Gasteiger partial charge on any atom is -0.376 e. The molecule has 19 heavy (non-hydrogen) atoms. The molecular formula is C12H17BrN4O2. The van der Waals surface area contributed by atoms with Crippen molar-refractivity contribution in [3.63, 3.8) is 0 Å². The molecule has 0 bridgehead atoms. The normalized spacial score (nSPS) is 18.4. The van der Waals surface area contributed by atoms with Crippen LogP contribution in [0, 0.1) is 0 Å². The molecule has 3 N–H and O–H groups in total.